The molecule has 0 atom stereocenters. The molecular weight excluding hydrogens is 216 g/mol. The molecule has 0 radical (unpaired) electrons. The van der Waals surface area contributed by atoms with Crippen LogP contribution in [0, 0.1) is 11.3 Å². The Kier molecular flexibility index (Phi) is 4.82. The van der Waals surface area contributed by atoms with Crippen LogP contribution in [0.4, 0.5) is 11.4 Å². The van der Waals surface area contributed by atoms with Crippen molar-refractivity contribution in [1.29, 1.82) is 5.26 Å². The minimum atomic E-state index is -0.0735. The molecule has 1 rings (SSSR count). The first-order valence-electron chi connectivity index (χ1n) is 5.47. The van der Waals surface area contributed by atoms with Crippen LogP contribution in [0.15, 0.2) is 18.2 Å². The standard InChI is InChI=1S/C12H16N4O/c1-2-5-15-12(17)8-16-11-4-3-9(7-13)6-10(11)14/h3-4,6,16H,2,5,8,14H2,1H3,(H,15,17). The highest BCUT2D eigenvalue weighted by Gasteiger charge is 2.03. The first-order valence-corrected chi connectivity index (χ1v) is 5.47. The van der Waals surface area contributed by atoms with Crippen LogP contribution in [-0.2, 0) is 4.79 Å². The number of hydrogen-bond donors (Lipinski definition) is 3. The van der Waals surface area contributed by atoms with E-state index >= 15 is 0 Å². The fourth-order valence-corrected chi connectivity index (χ4v) is 1.30. The molecule has 0 saturated heterocycles. The van der Waals surface area contributed by atoms with Gasteiger partial charge < -0.3 is 16.4 Å². The number of amides is 1. The van der Waals surface area contributed by atoms with Crippen LogP contribution in [0.1, 0.15) is 18.9 Å². The zero-order chi connectivity index (χ0) is 12.7. The van der Waals surface area contributed by atoms with Gasteiger partial charge in [-0.2, -0.15) is 5.26 Å². The van der Waals surface area contributed by atoms with Crippen molar-refractivity contribution in [2.24, 2.45) is 0 Å². The summed E-state index contributed by atoms with van der Waals surface area (Å²) < 4.78 is 0. The third-order valence-electron chi connectivity index (χ3n) is 2.19. The molecule has 90 valence electrons. The average Bonchev–Trinajstić information content (AvgIpc) is 2.34. The van der Waals surface area contributed by atoms with E-state index in [0.717, 1.165) is 6.42 Å². The van der Waals surface area contributed by atoms with Gasteiger partial charge >= 0.3 is 0 Å². The van der Waals surface area contributed by atoms with Gasteiger partial charge in [0.2, 0.25) is 5.91 Å². The Morgan fingerprint density at radius 2 is 2.29 bits per heavy atom. The highest BCUT2D eigenvalue weighted by molar-refractivity contribution is 5.82. The fraction of sp³-hybridized carbons (Fsp3) is 0.333. The van der Waals surface area contributed by atoms with Gasteiger partial charge in [0.1, 0.15) is 0 Å². The van der Waals surface area contributed by atoms with Gasteiger partial charge in [0.15, 0.2) is 0 Å². The van der Waals surface area contributed by atoms with E-state index in [9.17, 15) is 4.79 Å². The monoisotopic (exact) mass is 232 g/mol. The molecular formula is C12H16N4O. The molecule has 0 aliphatic rings. The van der Waals surface area contributed by atoms with Crippen molar-refractivity contribution in [3.63, 3.8) is 0 Å². The zero-order valence-electron chi connectivity index (χ0n) is 9.79. The number of nitrogens with two attached hydrogens (primary N) is 1. The highest BCUT2D eigenvalue weighted by Crippen LogP contribution is 2.18. The quantitative estimate of drug-likeness (QED) is 0.662. The summed E-state index contributed by atoms with van der Waals surface area (Å²) in [5, 5.41) is 14.4. The molecule has 0 unspecified atom stereocenters. The fourth-order valence-electron chi connectivity index (χ4n) is 1.30. The predicted octanol–water partition coefficient (Wildman–Crippen LogP) is 1.08. The molecule has 1 aromatic rings. The van der Waals surface area contributed by atoms with Gasteiger partial charge in [-0.15, -0.1) is 0 Å². The first kappa shape index (κ1) is 12.8. The topological polar surface area (TPSA) is 90.9 Å². The van der Waals surface area contributed by atoms with Gasteiger partial charge in [0, 0.05) is 6.54 Å². The summed E-state index contributed by atoms with van der Waals surface area (Å²) >= 11 is 0. The maximum absolute atomic E-state index is 11.3. The lowest BCUT2D eigenvalue weighted by Crippen LogP contribution is -2.30. The number of benzene rings is 1. The first-order chi connectivity index (χ1) is 8.17. The third-order valence-corrected chi connectivity index (χ3v) is 2.19. The van der Waals surface area contributed by atoms with Gasteiger partial charge in [-0.3, -0.25) is 4.79 Å². The average molecular weight is 232 g/mol. The molecule has 1 amide bonds. The number of carbonyl (C=O) groups excluding carboxylic acids is 1. The molecule has 5 heteroatoms. The molecule has 0 spiro atoms. The predicted molar refractivity (Wildman–Crippen MR) is 67.4 cm³/mol. The SMILES string of the molecule is CCCNC(=O)CNc1ccc(C#N)cc1N. The van der Waals surface area contributed by atoms with Crippen LogP contribution in [0.3, 0.4) is 0 Å². The number of hydrogen-bond acceptors (Lipinski definition) is 4. The Bertz CT molecular complexity index is 437. The number of nitriles is 1. The molecule has 0 aliphatic heterocycles. The van der Waals surface area contributed by atoms with Crippen molar-refractivity contribution in [1.82, 2.24) is 5.32 Å². The second-order valence-corrected chi connectivity index (χ2v) is 3.62. The minimum absolute atomic E-state index is 0.0735. The largest absolute Gasteiger partial charge is 0.397 e. The van der Waals surface area contributed by atoms with Crippen molar-refractivity contribution in [3.8, 4) is 6.07 Å². The van der Waals surface area contributed by atoms with Crippen LogP contribution < -0.4 is 16.4 Å². The Hall–Kier alpha value is -2.22. The molecule has 0 aliphatic carbocycles. The Morgan fingerprint density at radius 1 is 1.53 bits per heavy atom. The number of rotatable bonds is 5. The maximum atomic E-state index is 11.3. The maximum Gasteiger partial charge on any atom is 0.239 e. The van der Waals surface area contributed by atoms with Crippen LogP contribution in [0.2, 0.25) is 0 Å². The molecule has 0 saturated carbocycles. The zero-order valence-corrected chi connectivity index (χ0v) is 9.79. The van der Waals surface area contributed by atoms with E-state index in [2.05, 4.69) is 10.6 Å². The van der Waals surface area contributed by atoms with Crippen LogP contribution >= 0.6 is 0 Å². The second kappa shape index (κ2) is 6.38. The number of anilines is 2. The summed E-state index contributed by atoms with van der Waals surface area (Å²) in [5.74, 6) is -0.0735. The highest BCUT2D eigenvalue weighted by atomic mass is 16.1. The van der Waals surface area contributed by atoms with Gasteiger partial charge in [-0.1, -0.05) is 6.92 Å². The summed E-state index contributed by atoms with van der Waals surface area (Å²) in [5.41, 5.74) is 7.37. The van der Waals surface area contributed by atoms with Crippen molar-refractivity contribution < 1.29 is 4.79 Å². The Balaban J connectivity index is 2.52. The van der Waals surface area contributed by atoms with Crippen LogP contribution in [0.25, 0.3) is 0 Å². The summed E-state index contributed by atoms with van der Waals surface area (Å²) in [7, 11) is 0. The van der Waals surface area contributed by atoms with E-state index in [1.54, 1.807) is 18.2 Å². The van der Waals surface area contributed by atoms with Gasteiger partial charge in [0.25, 0.3) is 0 Å². The van der Waals surface area contributed by atoms with E-state index in [-0.39, 0.29) is 12.5 Å². The van der Waals surface area contributed by atoms with Crippen molar-refractivity contribution >= 4 is 17.3 Å². The number of nitrogen functional groups attached to an aromatic ring is 1. The van der Waals surface area contributed by atoms with Crippen molar-refractivity contribution in [3.05, 3.63) is 23.8 Å². The third kappa shape index (κ3) is 4.03. The normalized spacial score (nSPS) is 9.41. The molecule has 0 fully saturated rings. The lowest BCUT2D eigenvalue weighted by atomic mass is 10.2. The summed E-state index contributed by atoms with van der Waals surface area (Å²) in [6.07, 6.45) is 0.907. The second-order valence-electron chi connectivity index (χ2n) is 3.62. The van der Waals surface area contributed by atoms with Crippen LogP contribution in [0.5, 0.6) is 0 Å². The lowest BCUT2D eigenvalue weighted by molar-refractivity contribution is -0.119. The Morgan fingerprint density at radius 3 is 2.88 bits per heavy atom. The van der Waals surface area contributed by atoms with E-state index in [1.165, 1.54) is 0 Å². The van der Waals surface area contributed by atoms with Gasteiger partial charge in [-0.25, -0.2) is 0 Å². The van der Waals surface area contributed by atoms with E-state index in [4.69, 9.17) is 11.0 Å². The van der Waals surface area contributed by atoms with Crippen LogP contribution in [-0.4, -0.2) is 19.0 Å². The summed E-state index contributed by atoms with van der Waals surface area (Å²) in [4.78, 5) is 11.3. The number of carbonyl (C=O) groups is 1. The molecule has 4 N–H and O–H groups in total. The van der Waals surface area contributed by atoms with Crippen molar-refractivity contribution in [2.45, 2.75) is 13.3 Å². The molecule has 0 bridgehead atoms. The summed E-state index contributed by atoms with van der Waals surface area (Å²) in [6.45, 7) is 2.84. The minimum Gasteiger partial charge on any atom is -0.397 e. The van der Waals surface area contributed by atoms with Gasteiger partial charge in [0.05, 0.1) is 29.6 Å². The number of nitrogens with one attached hydrogen (secondary N) is 2. The molecule has 1 aromatic carbocycles. The van der Waals surface area contributed by atoms with Gasteiger partial charge in [-0.05, 0) is 24.6 Å². The van der Waals surface area contributed by atoms with E-state index in [0.29, 0.717) is 23.5 Å². The molecule has 5 nitrogen and oxygen atoms in total. The summed E-state index contributed by atoms with van der Waals surface area (Å²) in [6, 6.07) is 6.93. The lowest BCUT2D eigenvalue weighted by Gasteiger charge is -2.09. The van der Waals surface area contributed by atoms with E-state index in [1.807, 2.05) is 13.0 Å². The molecule has 17 heavy (non-hydrogen) atoms. The molecule has 0 aromatic heterocycles. The van der Waals surface area contributed by atoms with Crippen molar-refractivity contribution in [2.75, 3.05) is 24.1 Å². The number of nitrogens with zero attached hydrogens (tertiary/aromatic N) is 1. The molecule has 0 heterocycles. The Labute approximate surface area is 101 Å². The van der Waals surface area contributed by atoms with E-state index < -0.39 is 0 Å². The smallest absolute Gasteiger partial charge is 0.239 e.